The molecule has 1 aliphatic heterocycles. The van der Waals surface area contributed by atoms with Crippen molar-refractivity contribution in [3.05, 3.63) is 34.9 Å². The quantitative estimate of drug-likeness (QED) is 0.640. The van der Waals surface area contributed by atoms with Crippen LogP contribution in [0.2, 0.25) is 5.02 Å². The Labute approximate surface area is 105 Å². The molecule has 0 atom stereocenters. The number of nitrogens with zero attached hydrogens (tertiary/aromatic N) is 1. The van der Waals surface area contributed by atoms with Crippen molar-refractivity contribution < 1.29 is 9.59 Å². The molecule has 0 bridgehead atoms. The van der Waals surface area contributed by atoms with Gasteiger partial charge in [-0.1, -0.05) is 11.6 Å². The lowest BCUT2D eigenvalue weighted by Crippen LogP contribution is -2.29. The minimum atomic E-state index is -0.107. The smallest absolute Gasteiger partial charge is 0.234 e. The lowest BCUT2D eigenvalue weighted by molar-refractivity contribution is -0.123. The number of hydrogen-bond acceptors (Lipinski definition) is 3. The van der Waals surface area contributed by atoms with E-state index in [4.69, 9.17) is 11.6 Å². The molecule has 17 heavy (non-hydrogen) atoms. The fourth-order valence-electron chi connectivity index (χ4n) is 1.40. The lowest BCUT2D eigenvalue weighted by Gasteiger charge is -2.04. The van der Waals surface area contributed by atoms with Crippen LogP contribution in [0, 0.1) is 0 Å². The molecule has 0 radical (unpaired) electrons. The maximum absolute atomic E-state index is 11.7. The number of benzene rings is 1. The summed E-state index contributed by atoms with van der Waals surface area (Å²) in [4.78, 5) is 23.1. The second kappa shape index (κ2) is 5.29. The first-order chi connectivity index (χ1) is 8.15. The van der Waals surface area contributed by atoms with Crippen LogP contribution in [0.4, 0.5) is 0 Å². The number of halogens is 1. The van der Waals surface area contributed by atoms with Crippen LogP contribution in [0.25, 0.3) is 0 Å². The largest absolute Gasteiger partial charge is 0.294 e. The Bertz CT molecular complexity index is 427. The van der Waals surface area contributed by atoms with Crippen molar-refractivity contribution in [1.82, 2.24) is 10.4 Å². The van der Waals surface area contributed by atoms with Crippen LogP contribution in [-0.4, -0.2) is 29.8 Å². The van der Waals surface area contributed by atoms with Crippen LogP contribution in [0.3, 0.4) is 0 Å². The second-order valence-corrected chi connectivity index (χ2v) is 4.39. The average molecular weight is 253 g/mol. The highest BCUT2D eigenvalue weighted by Gasteiger charge is 2.19. The molecule has 4 nitrogen and oxygen atoms in total. The Kier molecular flexibility index (Phi) is 3.76. The number of nitrogens with one attached hydrogen (secondary N) is 1. The first kappa shape index (κ1) is 12.1. The number of Topliss-reactive ketones (excluding diaryl/α,β-unsaturated/α-hetero) is 1. The molecule has 1 heterocycles. The molecule has 0 spiro atoms. The van der Waals surface area contributed by atoms with Gasteiger partial charge in [-0.2, -0.15) is 0 Å². The number of hydrazine groups is 1. The van der Waals surface area contributed by atoms with E-state index in [9.17, 15) is 9.59 Å². The van der Waals surface area contributed by atoms with Crippen molar-refractivity contribution >= 4 is 23.3 Å². The van der Waals surface area contributed by atoms with E-state index in [-0.39, 0.29) is 24.5 Å². The number of amides is 1. The lowest BCUT2D eigenvalue weighted by atomic mass is 10.1. The van der Waals surface area contributed by atoms with Gasteiger partial charge in [-0.3, -0.25) is 15.0 Å². The summed E-state index contributed by atoms with van der Waals surface area (Å²) in [6, 6.07) is 6.69. The summed E-state index contributed by atoms with van der Waals surface area (Å²) in [5.41, 5.74) is 3.28. The molecule has 1 fully saturated rings. The zero-order valence-corrected chi connectivity index (χ0v) is 10.0. The maximum Gasteiger partial charge on any atom is 0.234 e. The first-order valence-electron chi connectivity index (χ1n) is 5.48. The molecular weight excluding hydrogens is 240 g/mol. The van der Waals surface area contributed by atoms with Gasteiger partial charge in [-0.15, -0.1) is 0 Å². The second-order valence-electron chi connectivity index (χ2n) is 3.95. The van der Waals surface area contributed by atoms with E-state index in [0.29, 0.717) is 10.6 Å². The molecule has 2 rings (SSSR count). The Morgan fingerprint density at radius 2 is 1.82 bits per heavy atom. The number of hydrogen-bond donors (Lipinski definition) is 1. The normalized spacial score (nSPS) is 14.4. The molecule has 1 amide bonds. The maximum atomic E-state index is 11.7. The SMILES string of the molecule is O=C(CCC(=O)c1ccc(Cl)cc1)NN1CC1. The third kappa shape index (κ3) is 3.84. The van der Waals surface area contributed by atoms with E-state index in [2.05, 4.69) is 5.43 Å². The highest BCUT2D eigenvalue weighted by atomic mass is 35.5. The average Bonchev–Trinajstić information content (AvgIpc) is 3.11. The molecule has 1 saturated heterocycles. The van der Waals surface area contributed by atoms with Gasteiger partial charge in [0.1, 0.15) is 0 Å². The molecule has 0 aliphatic carbocycles. The zero-order chi connectivity index (χ0) is 12.3. The summed E-state index contributed by atoms with van der Waals surface area (Å²) in [6.07, 6.45) is 0.444. The van der Waals surface area contributed by atoms with Crippen molar-refractivity contribution in [2.45, 2.75) is 12.8 Å². The molecule has 1 N–H and O–H groups in total. The third-order valence-corrected chi connectivity index (χ3v) is 2.73. The minimum Gasteiger partial charge on any atom is -0.294 e. The Balaban J connectivity index is 1.79. The fraction of sp³-hybridized carbons (Fsp3) is 0.333. The summed E-state index contributed by atoms with van der Waals surface area (Å²) in [7, 11) is 0. The number of rotatable bonds is 5. The van der Waals surface area contributed by atoms with Gasteiger partial charge in [0.25, 0.3) is 0 Å². The van der Waals surface area contributed by atoms with Crippen LogP contribution >= 0.6 is 11.6 Å². The topological polar surface area (TPSA) is 49.2 Å². The van der Waals surface area contributed by atoms with Crippen LogP contribution in [0.1, 0.15) is 23.2 Å². The third-order valence-electron chi connectivity index (χ3n) is 2.48. The van der Waals surface area contributed by atoms with E-state index in [1.54, 1.807) is 29.3 Å². The Morgan fingerprint density at radius 1 is 1.18 bits per heavy atom. The summed E-state index contributed by atoms with van der Waals surface area (Å²) in [5, 5.41) is 2.40. The van der Waals surface area contributed by atoms with Crippen molar-refractivity contribution in [1.29, 1.82) is 0 Å². The molecule has 0 aromatic heterocycles. The van der Waals surface area contributed by atoms with E-state index in [0.717, 1.165) is 13.1 Å². The molecule has 0 saturated carbocycles. The summed E-state index contributed by atoms with van der Waals surface area (Å²) in [5.74, 6) is -0.146. The van der Waals surface area contributed by atoms with Crippen molar-refractivity contribution in [2.75, 3.05) is 13.1 Å². The Hall–Kier alpha value is -1.39. The minimum absolute atomic E-state index is 0.0392. The van der Waals surface area contributed by atoms with Crippen molar-refractivity contribution in [3.8, 4) is 0 Å². The number of carbonyl (C=O) groups excluding carboxylic acids is 2. The highest BCUT2D eigenvalue weighted by Crippen LogP contribution is 2.12. The molecule has 1 aliphatic rings. The Morgan fingerprint density at radius 3 is 2.41 bits per heavy atom. The number of ketones is 1. The summed E-state index contributed by atoms with van der Waals surface area (Å²) < 4.78 is 0. The molecule has 90 valence electrons. The predicted molar refractivity (Wildman–Crippen MR) is 64.7 cm³/mol. The predicted octanol–water partition coefficient (Wildman–Crippen LogP) is 1.65. The molecule has 1 aromatic carbocycles. The van der Waals surface area contributed by atoms with Gasteiger partial charge < -0.3 is 0 Å². The standard InChI is InChI=1S/C12H13ClN2O2/c13-10-3-1-9(2-4-10)11(16)5-6-12(17)14-15-7-8-15/h1-4H,5-8H2,(H,14,17). The summed E-state index contributed by atoms with van der Waals surface area (Å²) in [6.45, 7) is 1.80. The summed E-state index contributed by atoms with van der Waals surface area (Å²) >= 11 is 5.73. The van der Waals surface area contributed by atoms with Crippen molar-refractivity contribution in [3.63, 3.8) is 0 Å². The first-order valence-corrected chi connectivity index (χ1v) is 5.86. The molecule has 0 unspecified atom stereocenters. The number of carbonyl (C=O) groups is 2. The van der Waals surface area contributed by atoms with Gasteiger partial charge in [0.05, 0.1) is 0 Å². The van der Waals surface area contributed by atoms with Gasteiger partial charge >= 0.3 is 0 Å². The van der Waals surface area contributed by atoms with Crippen molar-refractivity contribution in [2.24, 2.45) is 0 Å². The highest BCUT2D eigenvalue weighted by molar-refractivity contribution is 6.30. The van der Waals surface area contributed by atoms with Crippen LogP contribution in [0.5, 0.6) is 0 Å². The van der Waals surface area contributed by atoms with Gasteiger partial charge in [0.15, 0.2) is 5.78 Å². The fourth-order valence-corrected chi connectivity index (χ4v) is 1.53. The van der Waals surface area contributed by atoms with Gasteiger partial charge in [-0.05, 0) is 24.3 Å². The van der Waals surface area contributed by atoms with E-state index >= 15 is 0 Å². The molecule has 5 heteroatoms. The molecular formula is C12H13ClN2O2. The van der Waals surface area contributed by atoms with Crippen LogP contribution < -0.4 is 5.43 Å². The van der Waals surface area contributed by atoms with E-state index in [1.165, 1.54) is 0 Å². The van der Waals surface area contributed by atoms with Gasteiger partial charge in [-0.25, -0.2) is 5.01 Å². The monoisotopic (exact) mass is 252 g/mol. The van der Waals surface area contributed by atoms with E-state index < -0.39 is 0 Å². The molecule has 1 aromatic rings. The van der Waals surface area contributed by atoms with Crippen LogP contribution in [0.15, 0.2) is 24.3 Å². The van der Waals surface area contributed by atoms with Gasteiger partial charge in [0.2, 0.25) is 5.91 Å². The van der Waals surface area contributed by atoms with E-state index in [1.807, 2.05) is 0 Å². The van der Waals surface area contributed by atoms with Crippen LogP contribution in [-0.2, 0) is 4.79 Å². The zero-order valence-electron chi connectivity index (χ0n) is 9.28. The van der Waals surface area contributed by atoms with Gasteiger partial charge in [0, 0.05) is 36.5 Å².